The molecular formula is C84H146F12O18. The van der Waals surface area contributed by atoms with Crippen LogP contribution < -0.4 is 0 Å². The van der Waals surface area contributed by atoms with Crippen molar-refractivity contribution in [1.29, 1.82) is 0 Å². The van der Waals surface area contributed by atoms with Crippen LogP contribution in [0.3, 0.4) is 0 Å². The van der Waals surface area contributed by atoms with E-state index in [0.29, 0.717) is 69.8 Å². The number of alkyl halides is 12. The highest BCUT2D eigenvalue weighted by molar-refractivity contribution is 5.83. The maximum Gasteiger partial charge on any atom is 0.425 e. The number of carbonyl (C=O) groups is 8. The molecule has 1 aliphatic heterocycles. The number of rotatable bonds is 22. The van der Waals surface area contributed by atoms with E-state index in [-0.39, 0.29) is 40.9 Å². The average Bonchev–Trinajstić information content (AvgIpc) is 0.816. The fraction of sp³-hybridized carbons (Fsp3) is 0.905. The first-order valence-corrected chi connectivity index (χ1v) is 40.2. The summed E-state index contributed by atoms with van der Waals surface area (Å²) in [4.78, 5) is 91.6. The van der Waals surface area contributed by atoms with Gasteiger partial charge in [-0.3, -0.25) is 33.6 Å². The standard InChI is InChI=1S/C18H28F6O4.2C16H30O2.C10H16O4.2C9H15F3O2.C6H12O2/c1-6-14(2,3)13(25)28-12-8-10(15(4,26)17(19,20)21)7-11(9-12)16(5,27)18(22,23)24;2*1-7-16(5,6)14(17)18-13-10-8-12(9-11-13)15(2,3)4;1-4-10(2,3)9(12)14-7-5-6-13-8(7)11;2*1-5-8(3,4)7(13)14-6(2)9(10,11)12;1-4-6(2,3)5(7)8/h10-12,26-27H,6-9H2,1-5H3;2*12-13H,7-11H2,1-6H3;7H,4-6H2,1-3H3;2*6H,5H2,1-4H3;4H2,1-3H3,(H,7,8). The van der Waals surface area contributed by atoms with Crippen LogP contribution in [0, 0.1) is 72.4 Å². The summed E-state index contributed by atoms with van der Waals surface area (Å²) in [6.07, 6.45) is -12.9. The van der Waals surface area contributed by atoms with Gasteiger partial charge in [0.15, 0.2) is 23.4 Å². The lowest BCUT2D eigenvalue weighted by Crippen LogP contribution is -2.57. The highest BCUT2D eigenvalue weighted by Crippen LogP contribution is 2.51. The quantitative estimate of drug-likeness (QED) is 0.0517. The van der Waals surface area contributed by atoms with Crippen LogP contribution in [0.15, 0.2) is 0 Å². The van der Waals surface area contributed by atoms with Crippen LogP contribution in [0.25, 0.3) is 0 Å². The highest BCUT2D eigenvalue weighted by atomic mass is 19.4. The summed E-state index contributed by atoms with van der Waals surface area (Å²) >= 11 is 0. The molecule has 30 heteroatoms. The van der Waals surface area contributed by atoms with Gasteiger partial charge in [-0.25, -0.2) is 4.79 Å². The van der Waals surface area contributed by atoms with Crippen LogP contribution in [-0.2, 0) is 71.5 Å². The monoisotopic (exact) mass is 1670 g/mol. The average molecular weight is 1670 g/mol. The van der Waals surface area contributed by atoms with Crippen molar-refractivity contribution in [3.8, 4) is 0 Å². The van der Waals surface area contributed by atoms with Gasteiger partial charge in [0.1, 0.15) is 18.3 Å². The number of aliphatic carboxylic acids is 1. The predicted molar refractivity (Wildman–Crippen MR) is 411 cm³/mol. The Bertz CT molecular complexity index is 2810. The molecule has 7 unspecified atom stereocenters. The van der Waals surface area contributed by atoms with E-state index < -0.39 is 148 Å². The number of cyclic esters (lactones) is 1. The molecule has 3 N–H and O–H groups in total. The zero-order chi connectivity index (χ0) is 91.0. The van der Waals surface area contributed by atoms with E-state index in [0.717, 1.165) is 64.2 Å². The Kier molecular flexibility index (Phi) is 44.4. The lowest BCUT2D eigenvalue weighted by Gasteiger charge is -2.46. The summed E-state index contributed by atoms with van der Waals surface area (Å²) in [5.41, 5.74) is -10.2. The normalized spacial score (nSPS) is 22.5. The van der Waals surface area contributed by atoms with E-state index in [9.17, 15) is 101 Å². The van der Waals surface area contributed by atoms with Crippen molar-refractivity contribution < 1.29 is 140 Å². The van der Waals surface area contributed by atoms with Crippen molar-refractivity contribution in [3.05, 3.63) is 0 Å². The summed E-state index contributed by atoms with van der Waals surface area (Å²) in [6.45, 7) is 54.0. The summed E-state index contributed by atoms with van der Waals surface area (Å²) in [5.74, 6) is -5.72. The first-order valence-electron chi connectivity index (χ1n) is 40.2. The molecule has 1 saturated heterocycles. The van der Waals surface area contributed by atoms with Gasteiger partial charge in [-0.1, -0.05) is 90.0 Å². The molecule has 0 aromatic carbocycles. The van der Waals surface area contributed by atoms with Gasteiger partial charge in [-0.05, 0) is 263 Å². The van der Waals surface area contributed by atoms with Gasteiger partial charge in [0, 0.05) is 18.3 Å². The SMILES string of the molecule is CCC(C)(C)C(=O)O.CCC(C)(C)C(=O)OC(C)C(F)(F)F.CCC(C)(C)C(=O)OC(C)C(F)(F)F.CCC(C)(C)C(=O)OC1CC(C(C)(O)C(F)(F)F)CC(C(C)(O)C(F)(F)F)C1.CCC(C)(C)C(=O)OC1CCC(C(C)(C)C)CC1.CCC(C)(C)C(=O)OC1CCC(C(C)(C)C)CC1.CCC(C)(C)C(=O)OC1CCOC1=O. The van der Waals surface area contributed by atoms with Gasteiger partial charge in [-0.15, -0.1) is 0 Å². The molecule has 0 amide bonds. The number of carboxylic acid groups (broad SMARTS) is 1. The second kappa shape index (κ2) is 44.8. The Morgan fingerprint density at radius 3 is 0.781 bits per heavy atom. The molecule has 4 aliphatic rings. The Morgan fingerprint density at radius 2 is 0.588 bits per heavy atom. The second-order valence-corrected chi connectivity index (χ2v) is 37.9. The molecule has 1 heterocycles. The van der Waals surface area contributed by atoms with Gasteiger partial charge in [0.05, 0.1) is 44.5 Å². The summed E-state index contributed by atoms with van der Waals surface area (Å²) in [7, 11) is 0. The van der Waals surface area contributed by atoms with E-state index >= 15 is 0 Å². The minimum absolute atomic E-state index is 0.0239. The molecule has 4 rings (SSSR count). The maximum absolute atomic E-state index is 13.3. The maximum atomic E-state index is 13.3. The molecule has 0 bridgehead atoms. The molecule has 4 fully saturated rings. The van der Waals surface area contributed by atoms with Crippen LogP contribution in [-0.4, -0.2) is 142 Å². The van der Waals surface area contributed by atoms with Crippen LogP contribution in [0.1, 0.15) is 337 Å². The molecule has 7 atom stereocenters. The summed E-state index contributed by atoms with van der Waals surface area (Å²) < 4.78 is 187. The molecule has 3 saturated carbocycles. The third-order valence-corrected chi connectivity index (χ3v) is 23.7. The molecule has 0 aromatic rings. The van der Waals surface area contributed by atoms with E-state index in [1.807, 2.05) is 55.4 Å². The number of ether oxygens (including phenoxy) is 7. The Balaban J connectivity index is -0.00000129. The molecular weight excluding hydrogens is 1520 g/mol. The fourth-order valence-corrected chi connectivity index (χ4v) is 10.4. The number of esters is 7. The Hall–Kier alpha value is -5.16. The van der Waals surface area contributed by atoms with Gasteiger partial charge in [0.25, 0.3) is 0 Å². The third-order valence-electron chi connectivity index (χ3n) is 23.7. The number of hydrogen-bond acceptors (Lipinski definition) is 17. The number of carboxylic acids is 1. The smallest absolute Gasteiger partial charge is 0.425 e. The Labute approximate surface area is 672 Å². The van der Waals surface area contributed by atoms with E-state index in [4.69, 9.17) is 28.8 Å². The van der Waals surface area contributed by atoms with Crippen molar-refractivity contribution in [1.82, 2.24) is 0 Å². The zero-order valence-corrected chi connectivity index (χ0v) is 74.4. The van der Waals surface area contributed by atoms with Gasteiger partial charge in [-0.2, -0.15) is 52.7 Å². The number of halogens is 12. The number of carbonyl (C=O) groups excluding carboxylic acids is 7. The number of hydrogen-bond donors (Lipinski definition) is 3. The van der Waals surface area contributed by atoms with Gasteiger partial charge >= 0.3 is 72.5 Å². The van der Waals surface area contributed by atoms with Crippen LogP contribution in [0.2, 0.25) is 0 Å². The fourth-order valence-electron chi connectivity index (χ4n) is 10.4. The first-order chi connectivity index (χ1) is 50.8. The van der Waals surface area contributed by atoms with Crippen molar-refractivity contribution >= 4 is 47.8 Å². The largest absolute Gasteiger partial charge is 0.481 e. The Morgan fingerprint density at radius 1 is 0.351 bits per heavy atom. The summed E-state index contributed by atoms with van der Waals surface area (Å²) in [5, 5.41) is 28.4. The second-order valence-electron chi connectivity index (χ2n) is 37.9. The van der Waals surface area contributed by atoms with E-state index in [1.54, 1.807) is 90.0 Å². The molecule has 674 valence electrons. The topological polar surface area (TPSA) is 262 Å². The predicted octanol–water partition coefficient (Wildman–Crippen LogP) is 22.1. The molecule has 0 aromatic heterocycles. The van der Waals surface area contributed by atoms with E-state index in [1.165, 1.54) is 25.7 Å². The molecule has 0 radical (unpaired) electrons. The third kappa shape index (κ3) is 37.8. The first kappa shape index (κ1) is 113. The molecule has 114 heavy (non-hydrogen) atoms. The van der Waals surface area contributed by atoms with Gasteiger partial charge < -0.3 is 48.5 Å². The summed E-state index contributed by atoms with van der Waals surface area (Å²) in [6, 6.07) is 0. The van der Waals surface area contributed by atoms with Gasteiger partial charge in [0.2, 0.25) is 6.10 Å². The van der Waals surface area contributed by atoms with Crippen molar-refractivity contribution in [2.45, 2.75) is 409 Å². The highest BCUT2D eigenvalue weighted by Gasteiger charge is 2.62. The molecule has 18 nitrogen and oxygen atoms in total. The van der Waals surface area contributed by atoms with Crippen LogP contribution in [0.4, 0.5) is 52.7 Å². The molecule has 3 aliphatic carbocycles. The van der Waals surface area contributed by atoms with E-state index in [2.05, 4.69) is 51.0 Å². The van der Waals surface area contributed by atoms with Crippen molar-refractivity contribution in [3.63, 3.8) is 0 Å². The zero-order valence-electron chi connectivity index (χ0n) is 74.4. The van der Waals surface area contributed by atoms with Crippen LogP contribution in [0.5, 0.6) is 0 Å². The van der Waals surface area contributed by atoms with Crippen molar-refractivity contribution in [2.75, 3.05) is 6.61 Å². The minimum atomic E-state index is -5.10. The number of aliphatic hydroxyl groups is 2. The molecule has 0 spiro atoms. The van der Waals surface area contributed by atoms with Crippen molar-refractivity contribution in [2.24, 2.45) is 72.4 Å². The lowest BCUT2D eigenvalue weighted by atomic mass is 9.67. The van der Waals surface area contributed by atoms with Crippen LogP contribution >= 0.6 is 0 Å². The minimum Gasteiger partial charge on any atom is -0.481 e. The lowest BCUT2D eigenvalue weighted by molar-refractivity contribution is -0.299.